The number of hydrazine groups is 1. The molecule has 0 aliphatic carbocycles. The summed E-state index contributed by atoms with van der Waals surface area (Å²) in [6.07, 6.45) is 5.01. The summed E-state index contributed by atoms with van der Waals surface area (Å²) < 4.78 is 5.77. The van der Waals surface area contributed by atoms with Gasteiger partial charge in [0, 0.05) is 5.56 Å². The van der Waals surface area contributed by atoms with E-state index in [4.69, 9.17) is 10.6 Å². The third-order valence-corrected chi connectivity index (χ3v) is 2.92. The summed E-state index contributed by atoms with van der Waals surface area (Å²) in [6, 6.07) is 7.55. The van der Waals surface area contributed by atoms with Crippen LogP contribution in [-0.2, 0) is 0 Å². The zero-order valence-corrected chi connectivity index (χ0v) is 11.9. The molecule has 2 rings (SSSR count). The van der Waals surface area contributed by atoms with E-state index in [-0.39, 0.29) is 5.69 Å². The number of nitrogens with one attached hydrogen (secondary N) is 1. The number of hydrogen-bond donors (Lipinski definition) is 2. The van der Waals surface area contributed by atoms with Crippen molar-refractivity contribution < 1.29 is 9.53 Å². The predicted molar refractivity (Wildman–Crippen MR) is 79.5 cm³/mol. The van der Waals surface area contributed by atoms with Crippen LogP contribution in [0.1, 0.15) is 30.3 Å². The highest BCUT2D eigenvalue weighted by molar-refractivity contribution is 5.92. The molecule has 0 aliphatic rings. The second kappa shape index (κ2) is 7.35. The molecule has 21 heavy (non-hydrogen) atoms. The first-order chi connectivity index (χ1) is 10.3. The molecule has 1 amide bonds. The maximum Gasteiger partial charge on any atom is 0.285 e. The third kappa shape index (κ3) is 3.76. The van der Waals surface area contributed by atoms with Gasteiger partial charge in [0.2, 0.25) is 0 Å². The Hall–Kier alpha value is -2.47. The lowest BCUT2D eigenvalue weighted by molar-refractivity contribution is 0.0948. The summed E-state index contributed by atoms with van der Waals surface area (Å²) in [7, 11) is 0. The standard InChI is InChI=1S/C15H18N4O2/c1-2-3-8-21-14-7-5-4-6-11(14)12-9-17-10-13(18-12)15(20)19-16/h4-7,9-10H,2-3,8,16H2,1H3,(H,19,20). The molecule has 0 bridgehead atoms. The average molecular weight is 286 g/mol. The smallest absolute Gasteiger partial charge is 0.285 e. The van der Waals surface area contributed by atoms with Gasteiger partial charge in [-0.1, -0.05) is 25.5 Å². The van der Waals surface area contributed by atoms with Gasteiger partial charge in [0.25, 0.3) is 5.91 Å². The van der Waals surface area contributed by atoms with Crippen LogP contribution in [-0.4, -0.2) is 22.5 Å². The van der Waals surface area contributed by atoms with Gasteiger partial charge in [0.1, 0.15) is 11.4 Å². The zero-order valence-electron chi connectivity index (χ0n) is 11.9. The number of carbonyl (C=O) groups excluding carboxylic acids is 1. The Kier molecular flexibility index (Phi) is 5.22. The van der Waals surface area contributed by atoms with Crippen molar-refractivity contribution in [3.05, 3.63) is 42.4 Å². The molecule has 0 atom stereocenters. The van der Waals surface area contributed by atoms with E-state index in [9.17, 15) is 4.79 Å². The van der Waals surface area contributed by atoms with Gasteiger partial charge in [-0.3, -0.25) is 15.2 Å². The van der Waals surface area contributed by atoms with E-state index < -0.39 is 5.91 Å². The van der Waals surface area contributed by atoms with E-state index in [1.807, 2.05) is 29.7 Å². The first kappa shape index (κ1) is 14.9. The summed E-state index contributed by atoms with van der Waals surface area (Å²) >= 11 is 0. The quantitative estimate of drug-likeness (QED) is 0.366. The average Bonchev–Trinajstić information content (AvgIpc) is 2.55. The van der Waals surface area contributed by atoms with Crippen molar-refractivity contribution in [2.24, 2.45) is 5.84 Å². The molecule has 0 saturated heterocycles. The van der Waals surface area contributed by atoms with Crippen LogP contribution >= 0.6 is 0 Å². The predicted octanol–water partition coefficient (Wildman–Crippen LogP) is 1.93. The van der Waals surface area contributed by atoms with Gasteiger partial charge >= 0.3 is 0 Å². The molecule has 0 unspecified atom stereocenters. The van der Waals surface area contributed by atoms with Gasteiger partial charge in [-0.25, -0.2) is 10.8 Å². The highest BCUT2D eigenvalue weighted by Crippen LogP contribution is 2.28. The molecule has 1 heterocycles. The van der Waals surface area contributed by atoms with Crippen LogP contribution in [0.2, 0.25) is 0 Å². The Balaban J connectivity index is 2.31. The Labute approximate surface area is 123 Å². The first-order valence-corrected chi connectivity index (χ1v) is 6.81. The van der Waals surface area contributed by atoms with Gasteiger partial charge in [0.05, 0.1) is 24.7 Å². The molecule has 6 nitrogen and oxygen atoms in total. The summed E-state index contributed by atoms with van der Waals surface area (Å²) in [5.41, 5.74) is 3.58. The van der Waals surface area contributed by atoms with E-state index >= 15 is 0 Å². The number of nitrogens with two attached hydrogens (primary N) is 1. The van der Waals surface area contributed by atoms with Crippen LogP contribution in [0.5, 0.6) is 5.75 Å². The maximum absolute atomic E-state index is 11.5. The third-order valence-electron chi connectivity index (χ3n) is 2.92. The minimum atomic E-state index is -0.478. The number of hydrogen-bond acceptors (Lipinski definition) is 5. The SMILES string of the molecule is CCCCOc1ccccc1-c1cncc(C(=O)NN)n1. The van der Waals surface area contributed by atoms with Crippen molar-refractivity contribution in [1.29, 1.82) is 0 Å². The normalized spacial score (nSPS) is 10.2. The fourth-order valence-electron chi connectivity index (χ4n) is 1.81. The number of benzene rings is 1. The Morgan fingerprint density at radius 1 is 1.33 bits per heavy atom. The van der Waals surface area contributed by atoms with Crippen molar-refractivity contribution in [2.75, 3.05) is 6.61 Å². The largest absolute Gasteiger partial charge is 0.493 e. The van der Waals surface area contributed by atoms with Crippen LogP contribution in [0.4, 0.5) is 0 Å². The molecule has 0 spiro atoms. The number of unbranched alkanes of at least 4 members (excludes halogenated alkanes) is 1. The van der Waals surface area contributed by atoms with Gasteiger partial charge in [-0.05, 0) is 18.6 Å². The molecule has 0 aliphatic heterocycles. The fourth-order valence-corrected chi connectivity index (χ4v) is 1.81. The molecule has 110 valence electrons. The summed E-state index contributed by atoms with van der Waals surface area (Å²) in [4.78, 5) is 19.8. The van der Waals surface area contributed by atoms with Gasteiger partial charge < -0.3 is 4.74 Å². The topological polar surface area (TPSA) is 90.1 Å². The lowest BCUT2D eigenvalue weighted by Crippen LogP contribution is -2.30. The molecule has 3 N–H and O–H groups in total. The number of carbonyl (C=O) groups is 1. The minimum Gasteiger partial charge on any atom is -0.493 e. The second-order valence-electron chi connectivity index (χ2n) is 4.46. The van der Waals surface area contributed by atoms with Crippen molar-refractivity contribution in [2.45, 2.75) is 19.8 Å². The van der Waals surface area contributed by atoms with Gasteiger partial charge in [-0.15, -0.1) is 0 Å². The molecule has 2 aromatic rings. The molecule has 6 heteroatoms. The summed E-state index contributed by atoms with van der Waals surface area (Å²) in [6.45, 7) is 2.75. The van der Waals surface area contributed by atoms with E-state index in [1.165, 1.54) is 6.20 Å². The van der Waals surface area contributed by atoms with Gasteiger partial charge in [-0.2, -0.15) is 0 Å². The summed E-state index contributed by atoms with van der Waals surface area (Å²) in [5.74, 6) is 5.36. The molecular weight excluding hydrogens is 268 g/mol. The van der Waals surface area contributed by atoms with Crippen LogP contribution in [0.25, 0.3) is 11.3 Å². The number of amides is 1. The van der Waals surface area contributed by atoms with Crippen LogP contribution in [0.15, 0.2) is 36.7 Å². The molecular formula is C15H18N4O2. The molecule has 0 saturated carbocycles. The van der Waals surface area contributed by atoms with Crippen molar-refractivity contribution in [1.82, 2.24) is 15.4 Å². The van der Waals surface area contributed by atoms with E-state index in [0.717, 1.165) is 24.2 Å². The Bertz CT molecular complexity index is 616. The van der Waals surface area contributed by atoms with Crippen LogP contribution < -0.4 is 16.0 Å². The molecule has 0 fully saturated rings. The summed E-state index contributed by atoms with van der Waals surface area (Å²) in [5, 5.41) is 0. The van der Waals surface area contributed by atoms with Crippen LogP contribution in [0.3, 0.4) is 0 Å². The number of aromatic nitrogens is 2. The number of para-hydroxylation sites is 1. The monoisotopic (exact) mass is 286 g/mol. The van der Waals surface area contributed by atoms with Crippen LogP contribution in [0, 0.1) is 0 Å². The Morgan fingerprint density at radius 3 is 2.90 bits per heavy atom. The molecule has 1 aromatic carbocycles. The number of nitrogen functional groups attached to an aromatic ring is 1. The van der Waals surface area contributed by atoms with E-state index in [2.05, 4.69) is 16.9 Å². The van der Waals surface area contributed by atoms with Crippen molar-refractivity contribution in [3.63, 3.8) is 0 Å². The maximum atomic E-state index is 11.5. The highest BCUT2D eigenvalue weighted by Gasteiger charge is 2.11. The Morgan fingerprint density at radius 2 is 2.14 bits per heavy atom. The molecule has 1 aromatic heterocycles. The number of ether oxygens (including phenoxy) is 1. The van der Waals surface area contributed by atoms with Crippen molar-refractivity contribution in [3.8, 4) is 17.0 Å². The fraction of sp³-hybridized carbons (Fsp3) is 0.267. The number of rotatable bonds is 6. The van der Waals surface area contributed by atoms with Crippen molar-refractivity contribution >= 4 is 5.91 Å². The lowest BCUT2D eigenvalue weighted by atomic mass is 10.1. The van der Waals surface area contributed by atoms with E-state index in [0.29, 0.717) is 12.3 Å². The minimum absolute atomic E-state index is 0.165. The lowest BCUT2D eigenvalue weighted by Gasteiger charge is -2.11. The first-order valence-electron chi connectivity index (χ1n) is 6.81. The zero-order chi connectivity index (χ0) is 15.1. The molecule has 0 radical (unpaired) electrons. The van der Waals surface area contributed by atoms with E-state index in [1.54, 1.807) is 6.20 Å². The number of nitrogens with zero attached hydrogens (tertiary/aromatic N) is 2. The second-order valence-corrected chi connectivity index (χ2v) is 4.46. The highest BCUT2D eigenvalue weighted by atomic mass is 16.5. The van der Waals surface area contributed by atoms with Gasteiger partial charge in [0.15, 0.2) is 0 Å².